The Morgan fingerprint density at radius 3 is 2.76 bits per heavy atom. The summed E-state index contributed by atoms with van der Waals surface area (Å²) >= 11 is 5.86. The second-order valence-corrected chi connectivity index (χ2v) is 5.65. The van der Waals surface area contributed by atoms with Crippen LogP contribution in [0.2, 0.25) is 5.02 Å². The number of Topliss-reactive ketones (excluding diaryl/α,β-unsaturated/α-hetero) is 1. The lowest BCUT2D eigenvalue weighted by molar-refractivity contribution is -0.136. The van der Waals surface area contributed by atoms with E-state index in [0.29, 0.717) is 5.56 Å². The molecule has 1 heterocycles. The fraction of sp³-hybridized carbons (Fsp3) is 0.0526. The Morgan fingerprint density at radius 1 is 1.16 bits per heavy atom. The molecule has 0 spiro atoms. The van der Waals surface area contributed by atoms with Crippen molar-refractivity contribution in [2.24, 2.45) is 0 Å². The van der Waals surface area contributed by atoms with Gasteiger partial charge in [0, 0.05) is 34.3 Å². The summed E-state index contributed by atoms with van der Waals surface area (Å²) in [6, 6.07) is 11.5. The van der Waals surface area contributed by atoms with Gasteiger partial charge in [-0.05, 0) is 24.3 Å². The average molecular weight is 358 g/mol. The molecule has 0 radical (unpaired) electrons. The first-order valence-corrected chi connectivity index (χ1v) is 7.82. The first-order chi connectivity index (χ1) is 12.1. The number of ketones is 1. The minimum atomic E-state index is -0.757. The molecule has 4 nitrogen and oxygen atoms in total. The molecule has 25 heavy (non-hydrogen) atoms. The van der Waals surface area contributed by atoms with Crippen LogP contribution in [0.15, 0.2) is 54.7 Å². The Hall–Kier alpha value is -2.92. The van der Waals surface area contributed by atoms with E-state index in [0.717, 1.165) is 17.0 Å². The molecule has 1 aromatic heterocycles. The van der Waals surface area contributed by atoms with Crippen LogP contribution in [0.4, 0.5) is 4.39 Å². The molecule has 0 aliphatic rings. The van der Waals surface area contributed by atoms with Gasteiger partial charge in [-0.25, -0.2) is 9.18 Å². The van der Waals surface area contributed by atoms with Crippen LogP contribution in [-0.4, -0.2) is 23.3 Å². The summed E-state index contributed by atoms with van der Waals surface area (Å²) in [7, 11) is 0. The number of H-pyrrole nitrogens is 1. The van der Waals surface area contributed by atoms with Crippen molar-refractivity contribution in [3.05, 3.63) is 76.7 Å². The number of para-hydroxylation sites is 1. The van der Waals surface area contributed by atoms with Crippen LogP contribution in [0.25, 0.3) is 17.0 Å². The lowest BCUT2D eigenvalue weighted by Gasteiger charge is -2.02. The van der Waals surface area contributed by atoms with Crippen molar-refractivity contribution in [2.75, 3.05) is 6.61 Å². The van der Waals surface area contributed by atoms with Gasteiger partial charge in [-0.3, -0.25) is 4.79 Å². The van der Waals surface area contributed by atoms with E-state index in [1.54, 1.807) is 12.3 Å². The molecule has 0 amide bonds. The van der Waals surface area contributed by atoms with Gasteiger partial charge in [-0.2, -0.15) is 0 Å². The predicted octanol–water partition coefficient (Wildman–Crippen LogP) is 4.40. The van der Waals surface area contributed by atoms with Gasteiger partial charge in [0.2, 0.25) is 5.78 Å². The molecule has 0 saturated heterocycles. The number of ether oxygens (including phenoxy) is 1. The fourth-order valence-corrected chi connectivity index (χ4v) is 2.61. The van der Waals surface area contributed by atoms with Crippen LogP contribution in [0, 0.1) is 5.82 Å². The minimum absolute atomic E-state index is 0.0871. The van der Waals surface area contributed by atoms with Gasteiger partial charge in [-0.1, -0.05) is 35.9 Å². The van der Waals surface area contributed by atoms with Gasteiger partial charge >= 0.3 is 5.97 Å². The van der Waals surface area contributed by atoms with Crippen LogP contribution >= 0.6 is 11.6 Å². The van der Waals surface area contributed by atoms with E-state index < -0.39 is 18.4 Å². The Morgan fingerprint density at radius 2 is 1.96 bits per heavy atom. The van der Waals surface area contributed by atoms with E-state index in [4.69, 9.17) is 16.3 Å². The molecule has 0 bridgehead atoms. The van der Waals surface area contributed by atoms with Gasteiger partial charge in [0.15, 0.2) is 6.61 Å². The zero-order valence-electron chi connectivity index (χ0n) is 13.0. The van der Waals surface area contributed by atoms with Crippen molar-refractivity contribution >= 4 is 40.3 Å². The van der Waals surface area contributed by atoms with E-state index >= 15 is 0 Å². The second kappa shape index (κ2) is 7.32. The summed E-state index contributed by atoms with van der Waals surface area (Å²) in [5, 5.41) is 0.941. The number of benzene rings is 2. The van der Waals surface area contributed by atoms with Crippen LogP contribution in [0.5, 0.6) is 0 Å². The molecule has 2 aromatic carbocycles. The van der Waals surface area contributed by atoms with Gasteiger partial charge in [0.05, 0.1) is 5.02 Å². The Kier molecular flexibility index (Phi) is 4.95. The number of carbonyl (C=O) groups is 2. The Bertz CT molecular complexity index is 957. The summed E-state index contributed by atoms with van der Waals surface area (Å²) in [5.74, 6) is -1.64. The summed E-state index contributed by atoms with van der Waals surface area (Å²) in [5.41, 5.74) is 1.36. The number of rotatable bonds is 5. The Labute approximate surface area is 147 Å². The molecule has 0 fully saturated rings. The first-order valence-electron chi connectivity index (χ1n) is 7.44. The molecule has 1 N–H and O–H groups in total. The monoisotopic (exact) mass is 357 g/mol. The smallest absolute Gasteiger partial charge is 0.331 e. The van der Waals surface area contributed by atoms with E-state index in [-0.39, 0.29) is 16.4 Å². The van der Waals surface area contributed by atoms with E-state index in [1.165, 1.54) is 24.3 Å². The van der Waals surface area contributed by atoms with E-state index in [2.05, 4.69) is 4.98 Å². The van der Waals surface area contributed by atoms with Crippen LogP contribution in [0.1, 0.15) is 15.9 Å². The third kappa shape index (κ3) is 3.78. The highest BCUT2D eigenvalue weighted by Gasteiger charge is 2.13. The number of hydrogen-bond acceptors (Lipinski definition) is 3. The molecular weight excluding hydrogens is 345 g/mol. The van der Waals surface area contributed by atoms with Crippen LogP contribution < -0.4 is 0 Å². The molecule has 6 heteroatoms. The highest BCUT2D eigenvalue weighted by molar-refractivity contribution is 6.32. The maximum absolute atomic E-state index is 13.6. The molecule has 0 unspecified atom stereocenters. The molecule has 3 aromatic rings. The number of aromatic amines is 1. The predicted molar refractivity (Wildman–Crippen MR) is 94.0 cm³/mol. The van der Waals surface area contributed by atoms with Crippen molar-refractivity contribution in [3.8, 4) is 0 Å². The number of aromatic nitrogens is 1. The normalized spacial score (nSPS) is 11.1. The van der Waals surface area contributed by atoms with Crippen molar-refractivity contribution in [2.45, 2.75) is 0 Å². The van der Waals surface area contributed by atoms with E-state index in [1.807, 2.05) is 18.2 Å². The lowest BCUT2D eigenvalue weighted by Crippen LogP contribution is -2.12. The summed E-state index contributed by atoms with van der Waals surface area (Å²) in [6.45, 7) is -0.407. The summed E-state index contributed by atoms with van der Waals surface area (Å²) in [4.78, 5) is 26.9. The zero-order valence-corrected chi connectivity index (χ0v) is 13.7. The van der Waals surface area contributed by atoms with Gasteiger partial charge in [-0.15, -0.1) is 0 Å². The largest absolute Gasteiger partial charge is 0.454 e. The highest BCUT2D eigenvalue weighted by Crippen LogP contribution is 2.20. The average Bonchev–Trinajstić information content (AvgIpc) is 3.03. The molecule has 126 valence electrons. The second-order valence-electron chi connectivity index (χ2n) is 5.25. The van der Waals surface area contributed by atoms with Crippen molar-refractivity contribution in [3.63, 3.8) is 0 Å². The standard InChI is InChI=1S/C19H13ClFNO3/c20-15-5-3-6-16(21)13(15)8-9-19(24)25-11-18(23)14-10-22-17-7-2-1-4-12(14)17/h1-10,22H,11H2/b9-8+. The van der Waals surface area contributed by atoms with Gasteiger partial charge in [0.25, 0.3) is 0 Å². The molecule has 0 atom stereocenters. The third-order valence-electron chi connectivity index (χ3n) is 3.62. The molecule has 0 aliphatic carbocycles. The number of esters is 1. The maximum Gasteiger partial charge on any atom is 0.331 e. The topological polar surface area (TPSA) is 59.2 Å². The summed E-state index contributed by atoms with van der Waals surface area (Å²) in [6.07, 6.45) is 3.83. The SMILES string of the molecule is O=C(/C=C/c1c(F)cccc1Cl)OCC(=O)c1c[nH]c2ccccc12. The van der Waals surface area contributed by atoms with Crippen LogP contribution in [-0.2, 0) is 9.53 Å². The Balaban J connectivity index is 1.64. The fourth-order valence-electron chi connectivity index (χ4n) is 2.39. The quantitative estimate of drug-likeness (QED) is 0.418. The van der Waals surface area contributed by atoms with Gasteiger partial charge in [0.1, 0.15) is 5.82 Å². The molecule has 3 rings (SSSR count). The maximum atomic E-state index is 13.6. The zero-order chi connectivity index (χ0) is 17.8. The van der Waals surface area contributed by atoms with Crippen LogP contribution in [0.3, 0.4) is 0 Å². The molecule has 0 saturated carbocycles. The number of nitrogens with one attached hydrogen (secondary N) is 1. The number of hydrogen-bond donors (Lipinski definition) is 1. The number of fused-ring (bicyclic) bond motifs is 1. The van der Waals surface area contributed by atoms with Crippen molar-refractivity contribution in [1.82, 2.24) is 4.98 Å². The van der Waals surface area contributed by atoms with Gasteiger partial charge < -0.3 is 9.72 Å². The molecule has 0 aliphatic heterocycles. The lowest BCUT2D eigenvalue weighted by atomic mass is 10.1. The van der Waals surface area contributed by atoms with Crippen molar-refractivity contribution in [1.29, 1.82) is 0 Å². The number of carbonyl (C=O) groups excluding carboxylic acids is 2. The minimum Gasteiger partial charge on any atom is -0.454 e. The van der Waals surface area contributed by atoms with E-state index in [9.17, 15) is 14.0 Å². The first kappa shape index (κ1) is 16.9. The molecular formula is C19H13ClFNO3. The highest BCUT2D eigenvalue weighted by atomic mass is 35.5. The van der Waals surface area contributed by atoms with Crippen molar-refractivity contribution < 1.29 is 18.7 Å². The number of halogens is 2. The summed E-state index contributed by atoms with van der Waals surface area (Å²) < 4.78 is 18.5. The third-order valence-corrected chi connectivity index (χ3v) is 3.95.